The summed E-state index contributed by atoms with van der Waals surface area (Å²) in [6.45, 7) is 0. The van der Waals surface area contributed by atoms with Crippen molar-refractivity contribution in [2.24, 2.45) is 11.8 Å². The Labute approximate surface area is 100 Å². The molecule has 0 spiro atoms. The molecule has 0 radical (unpaired) electrons. The highest BCUT2D eigenvalue weighted by Crippen LogP contribution is 2.54. The van der Waals surface area contributed by atoms with E-state index in [1.165, 1.54) is 0 Å². The first kappa shape index (κ1) is 16.4. The number of alkyl halides is 10. The minimum atomic E-state index is -5.96. The predicted octanol–water partition coefficient (Wildman–Crippen LogP) is 4.80. The van der Waals surface area contributed by atoms with Crippen LogP contribution in [0, 0.1) is 11.8 Å². The fourth-order valence-corrected chi connectivity index (χ4v) is 2.10. The summed E-state index contributed by atoms with van der Waals surface area (Å²) in [5.41, 5.74) is 0. The lowest BCUT2D eigenvalue weighted by atomic mass is 9.94. The molecule has 1 aliphatic carbocycles. The van der Waals surface area contributed by atoms with E-state index in [0.717, 1.165) is 0 Å². The minimum absolute atomic E-state index is 1.02. The maximum atomic E-state index is 12.8. The van der Waals surface area contributed by atoms with Crippen molar-refractivity contribution in [3.63, 3.8) is 0 Å². The van der Waals surface area contributed by atoms with E-state index in [1.807, 2.05) is 0 Å². The second kappa shape index (κ2) is 4.41. The third-order valence-electron chi connectivity index (χ3n) is 3.21. The van der Waals surface area contributed by atoms with Crippen LogP contribution in [0.15, 0.2) is 0 Å². The molecular weight excluding hydrogens is 298 g/mol. The number of hydrogen-bond acceptors (Lipinski definition) is 0. The number of halogens is 10. The molecule has 0 amide bonds. The molecule has 0 saturated heterocycles. The molecule has 0 aromatic heterocycles. The maximum Gasteiger partial charge on any atom is 0.453 e. The molecule has 0 nitrogen and oxygen atoms in total. The van der Waals surface area contributed by atoms with Gasteiger partial charge in [-0.05, 0) is 19.3 Å². The van der Waals surface area contributed by atoms with Crippen LogP contribution in [0.2, 0.25) is 0 Å². The van der Waals surface area contributed by atoms with Gasteiger partial charge in [0.15, 0.2) is 0 Å². The van der Waals surface area contributed by atoms with Gasteiger partial charge in [-0.1, -0.05) is 0 Å². The molecule has 2 unspecified atom stereocenters. The largest absolute Gasteiger partial charge is 0.453 e. The molecule has 114 valence electrons. The maximum absolute atomic E-state index is 12.8. The molecule has 19 heavy (non-hydrogen) atoms. The van der Waals surface area contributed by atoms with E-state index in [9.17, 15) is 43.9 Å². The van der Waals surface area contributed by atoms with Gasteiger partial charge >= 0.3 is 24.2 Å². The van der Waals surface area contributed by atoms with Gasteiger partial charge in [0.1, 0.15) is 0 Å². The predicted molar refractivity (Wildman–Crippen MR) is 42.8 cm³/mol. The third-order valence-corrected chi connectivity index (χ3v) is 3.21. The van der Waals surface area contributed by atoms with Crippen LogP contribution in [0.1, 0.15) is 19.3 Å². The summed E-state index contributed by atoms with van der Waals surface area (Å²) < 4.78 is 123. The second-order valence-electron chi connectivity index (χ2n) is 4.45. The van der Waals surface area contributed by atoms with Gasteiger partial charge in [0.25, 0.3) is 0 Å². The first-order valence-electron chi connectivity index (χ1n) is 5.10. The van der Waals surface area contributed by atoms with Crippen LogP contribution in [0.5, 0.6) is 0 Å². The van der Waals surface area contributed by atoms with Crippen molar-refractivity contribution in [3.05, 3.63) is 0 Å². The van der Waals surface area contributed by atoms with E-state index in [-0.39, 0.29) is 0 Å². The van der Waals surface area contributed by atoms with Crippen molar-refractivity contribution in [3.8, 4) is 0 Å². The summed E-state index contributed by atoms with van der Waals surface area (Å²) in [5, 5.41) is 0. The zero-order chi connectivity index (χ0) is 15.3. The van der Waals surface area contributed by atoms with Crippen LogP contribution in [0.4, 0.5) is 43.9 Å². The van der Waals surface area contributed by atoms with Crippen LogP contribution in [0.25, 0.3) is 0 Å². The van der Waals surface area contributed by atoms with Crippen LogP contribution in [0.3, 0.4) is 0 Å². The van der Waals surface area contributed by atoms with E-state index in [2.05, 4.69) is 0 Å². The van der Waals surface area contributed by atoms with E-state index >= 15 is 0 Å². The lowest BCUT2D eigenvalue weighted by Crippen LogP contribution is -2.45. The van der Waals surface area contributed by atoms with Crippen molar-refractivity contribution in [1.29, 1.82) is 0 Å². The van der Waals surface area contributed by atoms with Gasteiger partial charge in [-0.3, -0.25) is 0 Å². The first-order chi connectivity index (χ1) is 8.21. The number of rotatable bonds is 2. The van der Waals surface area contributed by atoms with E-state index in [4.69, 9.17) is 0 Å². The smallest absolute Gasteiger partial charge is 0.196 e. The Hall–Kier alpha value is -0.700. The van der Waals surface area contributed by atoms with Gasteiger partial charge in [0.05, 0.1) is 0 Å². The molecule has 1 fully saturated rings. The fraction of sp³-hybridized carbons (Fsp3) is 1.00. The normalized spacial score (nSPS) is 26.8. The summed E-state index contributed by atoms with van der Waals surface area (Å²) in [5.74, 6) is -15.6. The van der Waals surface area contributed by atoms with Crippen LogP contribution >= 0.6 is 0 Å². The summed E-state index contributed by atoms with van der Waals surface area (Å²) in [7, 11) is 0. The molecule has 0 aromatic carbocycles. The third kappa shape index (κ3) is 2.76. The Morgan fingerprint density at radius 3 is 1.00 bits per heavy atom. The molecule has 1 aliphatic rings. The van der Waals surface area contributed by atoms with Crippen molar-refractivity contribution in [2.75, 3.05) is 0 Å². The fourth-order valence-electron chi connectivity index (χ4n) is 2.10. The second-order valence-corrected chi connectivity index (χ2v) is 4.45. The zero-order valence-electron chi connectivity index (χ0n) is 9.06. The Balaban J connectivity index is 2.86. The van der Waals surface area contributed by atoms with Gasteiger partial charge in [-0.15, -0.1) is 0 Å². The highest BCUT2D eigenvalue weighted by atomic mass is 19.4. The summed E-state index contributed by atoms with van der Waals surface area (Å²) in [6.07, 6.45) is -15.5. The van der Waals surface area contributed by atoms with E-state index in [1.54, 1.807) is 0 Å². The van der Waals surface area contributed by atoms with Crippen LogP contribution in [-0.4, -0.2) is 24.2 Å². The minimum Gasteiger partial charge on any atom is -0.196 e. The van der Waals surface area contributed by atoms with E-state index < -0.39 is 55.3 Å². The van der Waals surface area contributed by atoms with Crippen molar-refractivity contribution >= 4 is 0 Å². The van der Waals surface area contributed by atoms with Gasteiger partial charge in [-0.2, -0.15) is 43.9 Å². The summed E-state index contributed by atoms with van der Waals surface area (Å²) in [6, 6.07) is 0. The first-order valence-corrected chi connectivity index (χ1v) is 5.10. The summed E-state index contributed by atoms with van der Waals surface area (Å²) >= 11 is 0. The Kier molecular flexibility index (Phi) is 3.79. The SMILES string of the molecule is FC(F)(F)C(F)(F)C1CCC(C(F)(F)C(F)(F)F)C1. The number of hydrogen-bond donors (Lipinski definition) is 0. The average Bonchev–Trinajstić information content (AvgIpc) is 2.62. The van der Waals surface area contributed by atoms with Gasteiger partial charge in [0, 0.05) is 11.8 Å². The molecule has 0 heterocycles. The van der Waals surface area contributed by atoms with Crippen molar-refractivity contribution in [1.82, 2.24) is 0 Å². The lowest BCUT2D eigenvalue weighted by Gasteiger charge is -2.28. The van der Waals surface area contributed by atoms with Crippen molar-refractivity contribution in [2.45, 2.75) is 43.5 Å². The lowest BCUT2D eigenvalue weighted by molar-refractivity contribution is -0.312. The quantitative estimate of drug-likeness (QED) is 0.643. The standard InChI is InChI=1S/C9H8F10/c10-6(11,8(14,15)16)4-1-2-5(3-4)7(12,13)9(17,18)19/h4-5H,1-3H2. The molecule has 10 heteroatoms. The Morgan fingerprint density at radius 2 is 0.789 bits per heavy atom. The molecule has 0 N–H and O–H groups in total. The van der Waals surface area contributed by atoms with Gasteiger partial charge < -0.3 is 0 Å². The average molecular weight is 306 g/mol. The molecular formula is C9H8F10. The molecule has 0 bridgehead atoms. The Bertz CT molecular complexity index is 293. The van der Waals surface area contributed by atoms with Crippen LogP contribution in [-0.2, 0) is 0 Å². The van der Waals surface area contributed by atoms with Crippen LogP contribution < -0.4 is 0 Å². The summed E-state index contributed by atoms with van der Waals surface area (Å²) in [4.78, 5) is 0. The highest BCUT2D eigenvalue weighted by molar-refractivity contribution is 4.96. The molecule has 0 aromatic rings. The van der Waals surface area contributed by atoms with E-state index in [0.29, 0.717) is 0 Å². The molecule has 1 rings (SSSR count). The topological polar surface area (TPSA) is 0 Å². The molecule has 1 saturated carbocycles. The highest BCUT2D eigenvalue weighted by Gasteiger charge is 2.68. The van der Waals surface area contributed by atoms with Gasteiger partial charge in [0.2, 0.25) is 0 Å². The molecule has 0 aliphatic heterocycles. The van der Waals surface area contributed by atoms with Crippen molar-refractivity contribution < 1.29 is 43.9 Å². The zero-order valence-corrected chi connectivity index (χ0v) is 9.06. The monoisotopic (exact) mass is 306 g/mol. The molecule has 2 atom stereocenters. The Morgan fingerprint density at radius 1 is 0.526 bits per heavy atom. The van der Waals surface area contributed by atoms with Gasteiger partial charge in [-0.25, -0.2) is 0 Å².